The summed E-state index contributed by atoms with van der Waals surface area (Å²) in [7, 11) is -4.12. The molecular formula is C32H35ClF2N2O6S. The Morgan fingerprint density at radius 1 is 1.02 bits per heavy atom. The maximum atomic E-state index is 13.9. The lowest BCUT2D eigenvalue weighted by Gasteiger charge is -2.46. The van der Waals surface area contributed by atoms with Crippen molar-refractivity contribution >= 4 is 33.0 Å². The monoisotopic (exact) mass is 648 g/mol. The van der Waals surface area contributed by atoms with E-state index < -0.39 is 62.3 Å². The molecule has 0 saturated heterocycles. The van der Waals surface area contributed by atoms with Gasteiger partial charge in [0.2, 0.25) is 0 Å². The van der Waals surface area contributed by atoms with Gasteiger partial charge in [0.1, 0.15) is 12.2 Å². The highest BCUT2D eigenvalue weighted by atomic mass is 35.5. The van der Waals surface area contributed by atoms with E-state index in [0.29, 0.717) is 18.5 Å². The molecule has 2 bridgehead atoms. The molecule has 6 atom stereocenters. The number of anilines is 1. The van der Waals surface area contributed by atoms with Crippen LogP contribution in [0.4, 0.5) is 14.5 Å². The summed E-state index contributed by atoms with van der Waals surface area (Å²) < 4.78 is 54.7. The predicted octanol–water partition coefficient (Wildman–Crippen LogP) is 5.35. The molecule has 5 unspecified atom stereocenters. The Labute approximate surface area is 260 Å². The Morgan fingerprint density at radius 3 is 2.30 bits per heavy atom. The number of halogens is 3. The molecule has 236 valence electrons. The third kappa shape index (κ3) is 5.88. The van der Waals surface area contributed by atoms with E-state index in [0.717, 1.165) is 18.2 Å². The summed E-state index contributed by atoms with van der Waals surface area (Å²) in [6, 6.07) is 11.7. The maximum absolute atomic E-state index is 13.9. The molecule has 0 spiro atoms. The highest BCUT2D eigenvalue weighted by Gasteiger charge is 2.60. The Hall–Kier alpha value is -2.96. The SMILES string of the molecule is CC(C)(C)c1cccc(C(O)C(O)C2(O)C3CC[C@H]2CC(S(=O)(=O)c2cc(C(=O)Nc4ccc(F)c(F)c4)ccc2Cl)C3)n1. The van der Waals surface area contributed by atoms with Crippen molar-refractivity contribution in [3.8, 4) is 0 Å². The maximum Gasteiger partial charge on any atom is 0.255 e. The van der Waals surface area contributed by atoms with Crippen LogP contribution in [0.15, 0.2) is 59.5 Å². The van der Waals surface area contributed by atoms with Gasteiger partial charge in [0.15, 0.2) is 21.5 Å². The van der Waals surface area contributed by atoms with E-state index in [2.05, 4.69) is 10.3 Å². The summed E-state index contributed by atoms with van der Waals surface area (Å²) in [6.07, 6.45) is -2.16. The smallest absolute Gasteiger partial charge is 0.255 e. The summed E-state index contributed by atoms with van der Waals surface area (Å²) in [4.78, 5) is 17.1. The van der Waals surface area contributed by atoms with E-state index in [-0.39, 0.29) is 45.1 Å². The molecule has 3 aromatic rings. The Balaban J connectivity index is 1.36. The number of fused-ring (bicyclic) bond motifs is 2. The van der Waals surface area contributed by atoms with Crippen LogP contribution >= 0.6 is 11.6 Å². The van der Waals surface area contributed by atoms with Crippen LogP contribution in [0.2, 0.25) is 5.02 Å². The number of aromatic nitrogens is 1. The molecule has 2 saturated carbocycles. The summed E-state index contributed by atoms with van der Waals surface area (Å²) in [6.45, 7) is 5.91. The number of amides is 1. The van der Waals surface area contributed by atoms with Gasteiger partial charge in [0.25, 0.3) is 5.91 Å². The third-order valence-electron chi connectivity index (χ3n) is 9.00. The van der Waals surface area contributed by atoms with Crippen LogP contribution in [0.5, 0.6) is 0 Å². The fourth-order valence-corrected chi connectivity index (χ4v) is 8.95. The zero-order valence-electron chi connectivity index (χ0n) is 24.5. The molecule has 2 aromatic carbocycles. The molecule has 5 rings (SSSR count). The molecule has 1 aromatic heterocycles. The van der Waals surface area contributed by atoms with Gasteiger partial charge in [-0.15, -0.1) is 0 Å². The van der Waals surface area contributed by atoms with Gasteiger partial charge >= 0.3 is 0 Å². The normalized spacial score (nSPS) is 25.0. The number of carbonyl (C=O) groups is 1. The lowest BCUT2D eigenvalue weighted by molar-refractivity contribution is -0.178. The molecule has 4 N–H and O–H groups in total. The number of rotatable bonds is 7. The largest absolute Gasteiger partial charge is 0.387 e. The Bertz CT molecular complexity index is 1680. The highest BCUT2D eigenvalue weighted by Crippen LogP contribution is 2.55. The van der Waals surface area contributed by atoms with E-state index in [4.69, 9.17) is 11.6 Å². The molecule has 12 heteroatoms. The van der Waals surface area contributed by atoms with Gasteiger partial charge in [-0.05, 0) is 80.0 Å². The number of sulfone groups is 1. The lowest BCUT2D eigenvalue weighted by Crippen LogP contribution is -2.57. The molecule has 2 aliphatic carbocycles. The van der Waals surface area contributed by atoms with Crippen LogP contribution in [-0.4, -0.2) is 51.6 Å². The number of nitrogens with one attached hydrogen (secondary N) is 1. The number of benzene rings is 2. The fraction of sp³-hybridized carbons (Fsp3) is 0.438. The standard InChI is InChI=1S/C32H35ClF2N2O6S/c1-31(2,3)27-6-4-5-25(37-27)28(38)29(39)32(41)18-8-9-19(32)15-21(14-18)44(42,43)26-13-17(7-11-22(26)33)30(40)36-20-10-12-23(34)24(35)16-20/h4-7,10-13,16,18-19,21,28-29,38-39,41H,8-9,14-15H2,1-3H3,(H,36,40)/t18-,19?,21?,28?,29?,32?/m0/s1. The van der Waals surface area contributed by atoms with Crippen molar-refractivity contribution in [3.63, 3.8) is 0 Å². The molecule has 44 heavy (non-hydrogen) atoms. The molecule has 8 nitrogen and oxygen atoms in total. The van der Waals surface area contributed by atoms with Crippen molar-refractivity contribution in [2.45, 2.75) is 79.8 Å². The van der Waals surface area contributed by atoms with Gasteiger partial charge < -0.3 is 20.6 Å². The van der Waals surface area contributed by atoms with Crippen molar-refractivity contribution in [2.75, 3.05) is 5.32 Å². The molecular weight excluding hydrogens is 614 g/mol. The number of aliphatic hydroxyl groups is 3. The number of aliphatic hydroxyl groups excluding tert-OH is 2. The van der Waals surface area contributed by atoms with Crippen LogP contribution in [-0.2, 0) is 15.3 Å². The van der Waals surface area contributed by atoms with Crippen molar-refractivity contribution < 1.29 is 37.3 Å². The first-order valence-corrected chi connectivity index (χ1v) is 16.3. The van der Waals surface area contributed by atoms with E-state index in [1.807, 2.05) is 26.8 Å². The molecule has 2 aliphatic rings. The number of nitrogens with zero attached hydrogens (tertiary/aromatic N) is 1. The number of carbonyl (C=O) groups excluding carboxylic acids is 1. The van der Waals surface area contributed by atoms with E-state index in [9.17, 15) is 37.3 Å². The molecule has 1 amide bonds. The van der Waals surface area contributed by atoms with Crippen molar-refractivity contribution in [3.05, 3.63) is 88.2 Å². The van der Waals surface area contributed by atoms with E-state index in [1.165, 1.54) is 18.2 Å². The van der Waals surface area contributed by atoms with Crippen LogP contribution in [0.25, 0.3) is 0 Å². The quantitative estimate of drug-likeness (QED) is 0.271. The molecule has 0 radical (unpaired) electrons. The zero-order valence-corrected chi connectivity index (χ0v) is 26.0. The van der Waals surface area contributed by atoms with Crippen LogP contribution < -0.4 is 5.32 Å². The van der Waals surface area contributed by atoms with Crippen LogP contribution in [0, 0.1) is 23.5 Å². The van der Waals surface area contributed by atoms with Crippen molar-refractivity contribution in [1.29, 1.82) is 0 Å². The minimum Gasteiger partial charge on any atom is -0.387 e. The van der Waals surface area contributed by atoms with Crippen LogP contribution in [0.1, 0.15) is 74.3 Å². The average Bonchev–Trinajstić information content (AvgIpc) is 3.13. The third-order valence-corrected chi connectivity index (χ3v) is 11.7. The van der Waals surface area contributed by atoms with E-state index >= 15 is 0 Å². The number of pyridine rings is 1. The number of hydrogen-bond acceptors (Lipinski definition) is 7. The second-order valence-electron chi connectivity index (χ2n) is 12.8. The summed E-state index contributed by atoms with van der Waals surface area (Å²) in [5.41, 5.74) is -1.18. The van der Waals surface area contributed by atoms with Crippen molar-refractivity contribution in [2.24, 2.45) is 11.8 Å². The van der Waals surface area contributed by atoms with E-state index in [1.54, 1.807) is 12.1 Å². The van der Waals surface area contributed by atoms with Gasteiger partial charge in [-0.3, -0.25) is 9.78 Å². The van der Waals surface area contributed by atoms with Gasteiger partial charge in [0.05, 0.1) is 26.5 Å². The predicted molar refractivity (Wildman–Crippen MR) is 161 cm³/mol. The minimum absolute atomic E-state index is 0.0101. The molecule has 2 fully saturated rings. The summed E-state index contributed by atoms with van der Waals surface area (Å²) in [5, 5.41) is 35.7. The topological polar surface area (TPSA) is 137 Å². The Morgan fingerprint density at radius 2 is 1.68 bits per heavy atom. The molecule has 1 heterocycles. The van der Waals surface area contributed by atoms with Gasteiger partial charge in [0, 0.05) is 28.4 Å². The van der Waals surface area contributed by atoms with Gasteiger partial charge in [-0.25, -0.2) is 17.2 Å². The second-order valence-corrected chi connectivity index (χ2v) is 15.4. The highest BCUT2D eigenvalue weighted by molar-refractivity contribution is 7.92. The van der Waals surface area contributed by atoms with Crippen molar-refractivity contribution in [1.82, 2.24) is 4.98 Å². The summed E-state index contributed by atoms with van der Waals surface area (Å²) >= 11 is 6.32. The lowest BCUT2D eigenvalue weighted by atomic mass is 9.69. The molecule has 0 aliphatic heterocycles. The van der Waals surface area contributed by atoms with Crippen LogP contribution in [0.3, 0.4) is 0 Å². The number of hydrogen-bond donors (Lipinski definition) is 4. The minimum atomic E-state index is -4.12. The van der Waals surface area contributed by atoms with Gasteiger partial charge in [-0.1, -0.05) is 38.4 Å². The van der Waals surface area contributed by atoms with Gasteiger partial charge in [-0.2, -0.15) is 0 Å². The first-order valence-electron chi connectivity index (χ1n) is 14.4. The zero-order chi connectivity index (χ0) is 32.2. The Kier molecular flexibility index (Phi) is 8.67. The second kappa shape index (κ2) is 11.8. The first-order chi connectivity index (χ1) is 20.5. The fourth-order valence-electron chi connectivity index (χ4n) is 6.55. The first kappa shape index (κ1) is 32.4. The summed E-state index contributed by atoms with van der Waals surface area (Å²) in [5.74, 6) is -4.24. The average molecular weight is 649 g/mol.